The molecule has 10 heteroatoms. The van der Waals surface area contributed by atoms with Gasteiger partial charge in [-0.1, -0.05) is 0 Å². The highest BCUT2D eigenvalue weighted by atomic mass is 32.2. The van der Waals surface area contributed by atoms with Crippen LogP contribution in [0.25, 0.3) is 0 Å². The molecule has 2 aliphatic rings. The third-order valence-corrected chi connectivity index (χ3v) is 4.15. The average molecular weight is 352 g/mol. The van der Waals surface area contributed by atoms with Gasteiger partial charge in [-0.05, 0) is 24.3 Å². The Kier molecular flexibility index (Phi) is 3.99. The van der Waals surface area contributed by atoms with E-state index in [-0.39, 0.29) is 17.3 Å². The number of ether oxygens (including phenoxy) is 3. The Bertz CT molecular complexity index is 886. The van der Waals surface area contributed by atoms with E-state index in [1.54, 1.807) is 18.2 Å². The number of nitro groups is 1. The summed E-state index contributed by atoms with van der Waals surface area (Å²) in [6.07, 6.45) is 6.09. The van der Waals surface area contributed by atoms with Gasteiger partial charge in [0, 0.05) is 12.1 Å². The van der Waals surface area contributed by atoms with Gasteiger partial charge in [0.15, 0.2) is 23.4 Å². The maximum absolute atomic E-state index is 11.3. The molecule has 0 spiro atoms. The minimum Gasteiger partial charge on any atom is -0.483 e. The molecule has 3 rings (SSSR count). The molecule has 126 valence electrons. The molecule has 0 aromatic heterocycles. The molecule has 0 saturated heterocycles. The van der Waals surface area contributed by atoms with Crippen LogP contribution in [-0.2, 0) is 19.5 Å². The first-order valence-electron chi connectivity index (χ1n) is 6.71. The van der Waals surface area contributed by atoms with Crippen molar-refractivity contribution in [1.82, 2.24) is 0 Å². The zero-order valence-electron chi connectivity index (χ0n) is 12.1. The van der Waals surface area contributed by atoms with Crippen molar-refractivity contribution in [2.24, 2.45) is 5.14 Å². The second-order valence-corrected chi connectivity index (χ2v) is 6.47. The molecule has 0 amide bonds. The Morgan fingerprint density at radius 3 is 2.79 bits per heavy atom. The molecular formula is C14H12N2O7S. The minimum absolute atomic E-state index is 0.0141. The normalized spacial score (nSPS) is 18.8. The summed E-state index contributed by atoms with van der Waals surface area (Å²) in [6, 6.07) is 3.18. The standard InChI is InChI=1S/C14H12N2O7S/c15-24(19,20)10-3-4-12(11(7-10)16(17)18)22-8-9-6-14-13(23-9)2-1-5-21-14/h1-7,9H,8H2,(H2,15,19,20)/t9-/m1/s1. The number of hydrogen-bond donors (Lipinski definition) is 1. The zero-order chi connectivity index (χ0) is 17.3. The molecule has 1 aromatic rings. The Balaban J connectivity index is 1.76. The zero-order valence-corrected chi connectivity index (χ0v) is 12.9. The number of primary sulfonamides is 1. The van der Waals surface area contributed by atoms with Crippen molar-refractivity contribution < 1.29 is 27.6 Å². The van der Waals surface area contributed by atoms with Crippen LogP contribution in [0.2, 0.25) is 0 Å². The minimum atomic E-state index is -4.05. The van der Waals surface area contributed by atoms with E-state index in [0.717, 1.165) is 12.1 Å². The summed E-state index contributed by atoms with van der Waals surface area (Å²) < 4.78 is 38.8. The lowest BCUT2D eigenvalue weighted by Crippen LogP contribution is -2.16. The van der Waals surface area contributed by atoms with E-state index in [4.69, 9.17) is 19.3 Å². The van der Waals surface area contributed by atoms with Gasteiger partial charge in [0.05, 0.1) is 16.1 Å². The first kappa shape index (κ1) is 16.0. The van der Waals surface area contributed by atoms with Gasteiger partial charge < -0.3 is 14.2 Å². The van der Waals surface area contributed by atoms with E-state index in [1.165, 1.54) is 12.3 Å². The van der Waals surface area contributed by atoms with Gasteiger partial charge in [-0.2, -0.15) is 0 Å². The summed E-state index contributed by atoms with van der Waals surface area (Å²) in [5.41, 5.74) is -0.498. The van der Waals surface area contributed by atoms with Crippen LogP contribution in [-0.4, -0.2) is 26.1 Å². The maximum Gasteiger partial charge on any atom is 0.312 e. The number of nitro benzene ring substituents is 1. The van der Waals surface area contributed by atoms with Gasteiger partial charge in [0.1, 0.15) is 6.61 Å². The molecule has 9 nitrogen and oxygen atoms in total. The van der Waals surface area contributed by atoms with Crippen molar-refractivity contribution in [1.29, 1.82) is 0 Å². The molecule has 0 bridgehead atoms. The molecule has 0 radical (unpaired) electrons. The Morgan fingerprint density at radius 1 is 1.33 bits per heavy atom. The Labute approximate surface area is 136 Å². The molecule has 2 heterocycles. The highest BCUT2D eigenvalue weighted by Gasteiger charge is 2.26. The van der Waals surface area contributed by atoms with Gasteiger partial charge in [-0.3, -0.25) is 10.1 Å². The van der Waals surface area contributed by atoms with E-state index in [1.807, 2.05) is 0 Å². The molecule has 0 unspecified atom stereocenters. The average Bonchev–Trinajstić information content (AvgIpc) is 2.94. The predicted octanol–water partition coefficient (Wildman–Crippen LogP) is 1.33. The van der Waals surface area contributed by atoms with E-state index < -0.39 is 26.7 Å². The topological polar surface area (TPSA) is 131 Å². The number of sulfonamides is 1. The van der Waals surface area contributed by atoms with Crippen LogP contribution in [0.15, 0.2) is 59.1 Å². The van der Waals surface area contributed by atoms with Crippen molar-refractivity contribution >= 4 is 15.7 Å². The van der Waals surface area contributed by atoms with Crippen LogP contribution in [0.5, 0.6) is 5.75 Å². The van der Waals surface area contributed by atoms with Crippen molar-refractivity contribution in [3.05, 3.63) is 64.3 Å². The fraction of sp³-hybridized carbons (Fsp3) is 0.143. The smallest absolute Gasteiger partial charge is 0.312 e. The maximum atomic E-state index is 11.3. The van der Waals surface area contributed by atoms with Gasteiger partial charge in [0.2, 0.25) is 10.0 Å². The molecular weight excluding hydrogens is 340 g/mol. The van der Waals surface area contributed by atoms with Crippen LogP contribution < -0.4 is 9.88 Å². The molecule has 24 heavy (non-hydrogen) atoms. The Morgan fingerprint density at radius 2 is 2.12 bits per heavy atom. The summed E-state index contributed by atoms with van der Waals surface area (Å²) in [5, 5.41) is 16.1. The quantitative estimate of drug-likeness (QED) is 0.624. The SMILES string of the molecule is NS(=O)(=O)c1ccc(OC[C@H]2C=C3OC=CC=C3O2)c([N+](=O)[O-])c1. The van der Waals surface area contributed by atoms with Gasteiger partial charge in [0.25, 0.3) is 0 Å². The van der Waals surface area contributed by atoms with Crippen LogP contribution in [0, 0.1) is 10.1 Å². The molecule has 1 atom stereocenters. The predicted molar refractivity (Wildman–Crippen MR) is 81.2 cm³/mol. The number of nitrogens with two attached hydrogens (primary N) is 1. The van der Waals surface area contributed by atoms with Gasteiger partial charge in [-0.15, -0.1) is 0 Å². The number of benzene rings is 1. The highest BCUT2D eigenvalue weighted by Crippen LogP contribution is 2.31. The monoisotopic (exact) mass is 352 g/mol. The largest absolute Gasteiger partial charge is 0.483 e. The van der Waals surface area contributed by atoms with Crippen molar-refractivity contribution in [3.8, 4) is 5.75 Å². The lowest BCUT2D eigenvalue weighted by atomic mass is 10.3. The van der Waals surface area contributed by atoms with Gasteiger partial charge >= 0.3 is 5.69 Å². The van der Waals surface area contributed by atoms with E-state index in [0.29, 0.717) is 11.5 Å². The molecule has 0 saturated carbocycles. The van der Waals surface area contributed by atoms with E-state index in [9.17, 15) is 18.5 Å². The lowest BCUT2D eigenvalue weighted by Gasteiger charge is -2.13. The van der Waals surface area contributed by atoms with Crippen LogP contribution in [0.1, 0.15) is 0 Å². The number of nitrogens with zero attached hydrogens (tertiary/aromatic N) is 1. The second-order valence-electron chi connectivity index (χ2n) is 4.91. The number of fused-ring (bicyclic) bond motifs is 1. The summed E-state index contributed by atoms with van der Waals surface area (Å²) >= 11 is 0. The summed E-state index contributed by atoms with van der Waals surface area (Å²) in [7, 11) is -4.05. The molecule has 2 N–H and O–H groups in total. The first-order chi connectivity index (χ1) is 11.3. The first-order valence-corrected chi connectivity index (χ1v) is 8.25. The second kappa shape index (κ2) is 5.98. The van der Waals surface area contributed by atoms with Crippen molar-refractivity contribution in [2.45, 2.75) is 11.0 Å². The molecule has 0 aliphatic carbocycles. The van der Waals surface area contributed by atoms with Crippen LogP contribution in [0.4, 0.5) is 5.69 Å². The fourth-order valence-corrected chi connectivity index (χ4v) is 2.69. The number of rotatable bonds is 5. The number of allylic oxidation sites excluding steroid dienone is 2. The van der Waals surface area contributed by atoms with Crippen molar-refractivity contribution in [3.63, 3.8) is 0 Å². The van der Waals surface area contributed by atoms with Gasteiger partial charge in [-0.25, -0.2) is 13.6 Å². The summed E-state index contributed by atoms with van der Waals surface area (Å²) in [6.45, 7) is -0.0141. The fourth-order valence-electron chi connectivity index (χ4n) is 2.16. The molecule has 1 aromatic carbocycles. The highest BCUT2D eigenvalue weighted by molar-refractivity contribution is 7.89. The summed E-state index contributed by atoms with van der Waals surface area (Å²) in [5.74, 6) is 1.01. The Hall–Kier alpha value is -2.85. The van der Waals surface area contributed by atoms with E-state index >= 15 is 0 Å². The molecule has 2 aliphatic heterocycles. The van der Waals surface area contributed by atoms with Crippen LogP contribution >= 0.6 is 0 Å². The molecule has 0 fully saturated rings. The third-order valence-electron chi connectivity index (χ3n) is 3.24. The van der Waals surface area contributed by atoms with Crippen LogP contribution in [0.3, 0.4) is 0 Å². The third kappa shape index (κ3) is 3.24. The lowest BCUT2D eigenvalue weighted by molar-refractivity contribution is -0.386. The van der Waals surface area contributed by atoms with E-state index in [2.05, 4.69) is 0 Å². The summed E-state index contributed by atoms with van der Waals surface area (Å²) in [4.78, 5) is 10.0. The number of hydrogen-bond acceptors (Lipinski definition) is 7. The van der Waals surface area contributed by atoms with Crippen molar-refractivity contribution in [2.75, 3.05) is 6.61 Å².